The lowest BCUT2D eigenvalue weighted by atomic mass is 10.2. The Morgan fingerprint density at radius 2 is 2.22 bits per heavy atom. The topological polar surface area (TPSA) is 45.6 Å². The highest BCUT2D eigenvalue weighted by molar-refractivity contribution is 6.31. The molecule has 0 bridgehead atoms. The van der Waals surface area contributed by atoms with Gasteiger partial charge < -0.3 is 14.7 Å². The Morgan fingerprint density at radius 1 is 1.50 bits per heavy atom. The number of hydrogen-bond acceptors (Lipinski definition) is 4. The summed E-state index contributed by atoms with van der Waals surface area (Å²) < 4.78 is 5.11. The predicted molar refractivity (Wildman–Crippen MR) is 74.1 cm³/mol. The number of methoxy groups -OCH3 is 1. The molecule has 1 heterocycles. The molecule has 0 aromatic carbocycles. The van der Waals surface area contributed by atoms with Crippen molar-refractivity contribution in [2.45, 2.75) is 20.5 Å². The van der Waals surface area contributed by atoms with Gasteiger partial charge in [0.1, 0.15) is 5.82 Å². The van der Waals surface area contributed by atoms with Crippen LogP contribution >= 0.6 is 11.6 Å². The van der Waals surface area contributed by atoms with E-state index in [2.05, 4.69) is 23.7 Å². The number of halogens is 1. The van der Waals surface area contributed by atoms with Crippen LogP contribution in [0.15, 0.2) is 12.3 Å². The molecule has 0 amide bonds. The minimum atomic E-state index is -0.0752. The maximum absolute atomic E-state index is 9.23. The van der Waals surface area contributed by atoms with Crippen molar-refractivity contribution >= 4 is 17.4 Å². The summed E-state index contributed by atoms with van der Waals surface area (Å²) in [5.41, 5.74) is 0.702. The molecule has 1 aromatic rings. The van der Waals surface area contributed by atoms with Crippen LogP contribution in [0.3, 0.4) is 0 Å². The van der Waals surface area contributed by atoms with E-state index >= 15 is 0 Å². The lowest BCUT2D eigenvalue weighted by Gasteiger charge is -2.25. The summed E-state index contributed by atoms with van der Waals surface area (Å²) in [7, 11) is 1.68. The zero-order valence-electron chi connectivity index (χ0n) is 11.2. The second-order valence-electron chi connectivity index (χ2n) is 4.62. The van der Waals surface area contributed by atoms with E-state index in [0.29, 0.717) is 23.1 Å². The van der Waals surface area contributed by atoms with Crippen LogP contribution in [0.5, 0.6) is 0 Å². The summed E-state index contributed by atoms with van der Waals surface area (Å²) in [4.78, 5) is 6.46. The number of aliphatic hydroxyl groups is 1. The van der Waals surface area contributed by atoms with E-state index in [0.717, 1.165) is 18.9 Å². The number of hydrogen-bond donors (Lipinski definition) is 1. The normalized spacial score (nSPS) is 11.0. The quantitative estimate of drug-likeness (QED) is 0.828. The summed E-state index contributed by atoms with van der Waals surface area (Å²) in [6, 6.07) is 1.83. The van der Waals surface area contributed by atoms with Crippen molar-refractivity contribution in [3.8, 4) is 0 Å². The Kier molecular flexibility index (Phi) is 6.39. The van der Waals surface area contributed by atoms with Crippen molar-refractivity contribution in [2.75, 3.05) is 31.7 Å². The largest absolute Gasteiger partial charge is 0.392 e. The van der Waals surface area contributed by atoms with E-state index in [1.54, 1.807) is 13.3 Å². The number of pyridine rings is 1. The molecule has 1 aromatic heterocycles. The van der Waals surface area contributed by atoms with Crippen molar-refractivity contribution in [3.63, 3.8) is 0 Å². The van der Waals surface area contributed by atoms with Crippen LogP contribution < -0.4 is 4.90 Å². The third-order valence-corrected chi connectivity index (χ3v) is 2.91. The lowest BCUT2D eigenvalue weighted by Crippen LogP contribution is -2.31. The molecule has 0 unspecified atom stereocenters. The second kappa shape index (κ2) is 7.56. The van der Waals surface area contributed by atoms with Crippen molar-refractivity contribution in [1.29, 1.82) is 0 Å². The standard InChI is InChI=1S/C13H21ClN2O2/c1-10(2)8-16(4-5-18-3)13-6-11(9-17)12(14)7-15-13/h6-7,10,17H,4-5,8-9H2,1-3H3. The second-order valence-corrected chi connectivity index (χ2v) is 5.03. The number of rotatable bonds is 7. The fourth-order valence-corrected chi connectivity index (χ4v) is 1.87. The van der Waals surface area contributed by atoms with Gasteiger partial charge in [0.25, 0.3) is 0 Å². The summed E-state index contributed by atoms with van der Waals surface area (Å²) >= 11 is 5.95. The molecule has 0 radical (unpaired) electrons. The lowest BCUT2D eigenvalue weighted by molar-refractivity contribution is 0.204. The Hall–Kier alpha value is -0.840. The SMILES string of the molecule is COCCN(CC(C)C)c1cc(CO)c(Cl)cn1. The summed E-state index contributed by atoms with van der Waals surface area (Å²) in [6.45, 7) is 6.54. The average molecular weight is 273 g/mol. The van der Waals surface area contributed by atoms with Gasteiger partial charge >= 0.3 is 0 Å². The molecule has 0 fully saturated rings. The van der Waals surface area contributed by atoms with Gasteiger partial charge in [-0.2, -0.15) is 0 Å². The highest BCUT2D eigenvalue weighted by atomic mass is 35.5. The molecular formula is C13H21ClN2O2. The molecule has 1 rings (SSSR count). The zero-order chi connectivity index (χ0) is 13.5. The molecule has 0 atom stereocenters. The molecule has 1 N–H and O–H groups in total. The third kappa shape index (κ3) is 4.44. The fraction of sp³-hybridized carbons (Fsp3) is 0.615. The third-order valence-electron chi connectivity index (χ3n) is 2.57. The van der Waals surface area contributed by atoms with E-state index in [9.17, 15) is 5.11 Å². The molecule has 102 valence electrons. The first-order valence-corrected chi connectivity index (χ1v) is 6.45. The minimum Gasteiger partial charge on any atom is -0.392 e. The van der Waals surface area contributed by atoms with Crippen LogP contribution in [0, 0.1) is 5.92 Å². The Morgan fingerprint density at radius 3 is 2.78 bits per heavy atom. The Bertz CT molecular complexity index is 372. The van der Waals surface area contributed by atoms with E-state index in [1.165, 1.54) is 0 Å². The van der Waals surface area contributed by atoms with Gasteiger partial charge in [0.15, 0.2) is 0 Å². The molecule has 0 aliphatic rings. The molecule has 0 aliphatic heterocycles. The Balaban J connectivity index is 2.89. The highest BCUT2D eigenvalue weighted by Gasteiger charge is 2.11. The van der Waals surface area contributed by atoms with Crippen molar-refractivity contribution in [2.24, 2.45) is 5.92 Å². The molecule has 4 nitrogen and oxygen atoms in total. The summed E-state index contributed by atoms with van der Waals surface area (Å²) in [5.74, 6) is 1.35. The summed E-state index contributed by atoms with van der Waals surface area (Å²) in [5, 5.41) is 9.72. The minimum absolute atomic E-state index is 0.0752. The van der Waals surface area contributed by atoms with E-state index in [1.807, 2.05) is 6.07 Å². The molecule has 0 saturated heterocycles. The predicted octanol–water partition coefficient (Wildman–Crippen LogP) is 2.34. The first-order valence-electron chi connectivity index (χ1n) is 6.07. The van der Waals surface area contributed by atoms with Gasteiger partial charge in [-0.15, -0.1) is 0 Å². The molecule has 0 spiro atoms. The van der Waals surface area contributed by atoms with Gasteiger partial charge in [0, 0.05) is 32.0 Å². The van der Waals surface area contributed by atoms with Crippen molar-refractivity contribution in [1.82, 2.24) is 4.98 Å². The zero-order valence-corrected chi connectivity index (χ0v) is 11.9. The van der Waals surface area contributed by atoms with Gasteiger partial charge in [-0.3, -0.25) is 0 Å². The van der Waals surface area contributed by atoms with E-state index < -0.39 is 0 Å². The van der Waals surface area contributed by atoms with E-state index in [-0.39, 0.29) is 6.61 Å². The van der Waals surface area contributed by atoms with Crippen molar-refractivity contribution in [3.05, 3.63) is 22.8 Å². The van der Waals surface area contributed by atoms with Crippen LogP contribution in [-0.2, 0) is 11.3 Å². The highest BCUT2D eigenvalue weighted by Crippen LogP contribution is 2.21. The number of nitrogens with zero attached hydrogens (tertiary/aromatic N) is 2. The Labute approximate surface area is 114 Å². The number of aliphatic hydroxyl groups excluding tert-OH is 1. The van der Waals surface area contributed by atoms with Crippen molar-refractivity contribution < 1.29 is 9.84 Å². The fourth-order valence-electron chi connectivity index (χ4n) is 1.70. The van der Waals surface area contributed by atoms with Crippen LogP contribution in [0.2, 0.25) is 5.02 Å². The van der Waals surface area contributed by atoms with Crippen LogP contribution in [0.1, 0.15) is 19.4 Å². The van der Waals surface area contributed by atoms with Crippen LogP contribution in [0.4, 0.5) is 5.82 Å². The monoisotopic (exact) mass is 272 g/mol. The molecular weight excluding hydrogens is 252 g/mol. The number of ether oxygens (including phenoxy) is 1. The van der Waals surface area contributed by atoms with E-state index in [4.69, 9.17) is 16.3 Å². The summed E-state index contributed by atoms with van der Waals surface area (Å²) in [6.07, 6.45) is 1.59. The van der Waals surface area contributed by atoms with Crippen LogP contribution in [0.25, 0.3) is 0 Å². The number of anilines is 1. The maximum atomic E-state index is 9.23. The van der Waals surface area contributed by atoms with Gasteiger partial charge in [-0.05, 0) is 12.0 Å². The molecule has 0 saturated carbocycles. The number of aromatic nitrogens is 1. The van der Waals surface area contributed by atoms with Crippen LogP contribution in [-0.4, -0.2) is 36.9 Å². The first kappa shape index (κ1) is 15.2. The molecule has 18 heavy (non-hydrogen) atoms. The van der Waals surface area contributed by atoms with Gasteiger partial charge in [0.05, 0.1) is 18.2 Å². The smallest absolute Gasteiger partial charge is 0.129 e. The molecule has 0 aliphatic carbocycles. The van der Waals surface area contributed by atoms with Gasteiger partial charge in [0.2, 0.25) is 0 Å². The first-order chi connectivity index (χ1) is 8.58. The maximum Gasteiger partial charge on any atom is 0.129 e. The molecule has 5 heteroatoms. The van der Waals surface area contributed by atoms with Gasteiger partial charge in [-0.25, -0.2) is 4.98 Å². The van der Waals surface area contributed by atoms with Gasteiger partial charge in [-0.1, -0.05) is 25.4 Å². The average Bonchev–Trinajstić information content (AvgIpc) is 2.34.